The average molecular weight is 274 g/mol. The minimum atomic E-state index is -0.709. The molecule has 1 aromatic heterocycles. The molecule has 1 aromatic rings. The zero-order valence-corrected chi connectivity index (χ0v) is 11.3. The maximum Gasteiger partial charge on any atom is 0.304 e. The standard InChI is InChI=1S/C11H18N2O4S/c1-3-12(5-4-6-14)11-9(13(16)17)7-10(18-11)8(2)15/h7-8,14-15H,3-6H2,1-2H3/t8-/m1/s1. The summed E-state index contributed by atoms with van der Waals surface area (Å²) in [6, 6.07) is 1.42. The Kier molecular flexibility index (Phi) is 5.52. The van der Waals surface area contributed by atoms with Crippen molar-refractivity contribution in [3.05, 3.63) is 21.1 Å². The van der Waals surface area contributed by atoms with Crippen molar-refractivity contribution >= 4 is 22.0 Å². The summed E-state index contributed by atoms with van der Waals surface area (Å²) in [6.45, 7) is 4.74. The molecule has 6 nitrogen and oxygen atoms in total. The fourth-order valence-corrected chi connectivity index (χ4v) is 2.77. The quantitative estimate of drug-likeness (QED) is 0.586. The van der Waals surface area contributed by atoms with E-state index < -0.39 is 11.0 Å². The molecule has 1 rings (SSSR count). The van der Waals surface area contributed by atoms with Gasteiger partial charge < -0.3 is 15.1 Å². The smallest absolute Gasteiger partial charge is 0.304 e. The monoisotopic (exact) mass is 274 g/mol. The fraction of sp³-hybridized carbons (Fsp3) is 0.636. The van der Waals surface area contributed by atoms with Gasteiger partial charge in [0.25, 0.3) is 0 Å². The van der Waals surface area contributed by atoms with Gasteiger partial charge in [-0.2, -0.15) is 0 Å². The molecule has 1 heterocycles. The van der Waals surface area contributed by atoms with Crippen molar-refractivity contribution in [2.24, 2.45) is 0 Å². The van der Waals surface area contributed by atoms with Gasteiger partial charge in [0.05, 0.1) is 11.0 Å². The SMILES string of the molecule is CCN(CCCO)c1sc([C@@H](C)O)cc1[N+](=O)[O-]. The van der Waals surface area contributed by atoms with Gasteiger partial charge in [-0.05, 0) is 20.3 Å². The third-order valence-electron chi connectivity index (χ3n) is 2.58. The normalized spacial score (nSPS) is 12.4. The highest BCUT2D eigenvalue weighted by Gasteiger charge is 2.24. The summed E-state index contributed by atoms with van der Waals surface area (Å²) in [5.41, 5.74) is 0.0238. The van der Waals surface area contributed by atoms with Crippen LogP contribution in [0.25, 0.3) is 0 Å². The van der Waals surface area contributed by atoms with E-state index in [1.807, 2.05) is 11.8 Å². The summed E-state index contributed by atoms with van der Waals surface area (Å²) in [4.78, 5) is 13.0. The molecular formula is C11H18N2O4S. The number of aliphatic hydroxyl groups is 2. The lowest BCUT2D eigenvalue weighted by Gasteiger charge is -2.19. The molecule has 0 bridgehead atoms. The fourth-order valence-electron chi connectivity index (χ4n) is 1.62. The van der Waals surface area contributed by atoms with Crippen LogP contribution < -0.4 is 4.90 Å². The zero-order valence-electron chi connectivity index (χ0n) is 10.5. The van der Waals surface area contributed by atoms with Gasteiger partial charge >= 0.3 is 5.69 Å². The Morgan fingerprint density at radius 3 is 2.72 bits per heavy atom. The van der Waals surface area contributed by atoms with Gasteiger partial charge in [-0.1, -0.05) is 0 Å². The summed E-state index contributed by atoms with van der Waals surface area (Å²) in [5.74, 6) is 0. The molecule has 0 saturated heterocycles. The van der Waals surface area contributed by atoms with E-state index in [2.05, 4.69) is 0 Å². The van der Waals surface area contributed by atoms with Crippen LogP contribution in [0.2, 0.25) is 0 Å². The van der Waals surface area contributed by atoms with Crippen molar-refractivity contribution in [3.8, 4) is 0 Å². The lowest BCUT2D eigenvalue weighted by atomic mass is 10.3. The van der Waals surface area contributed by atoms with Crippen LogP contribution in [0.3, 0.4) is 0 Å². The Labute approximate surface area is 110 Å². The number of nitrogens with zero attached hydrogens (tertiary/aromatic N) is 2. The molecule has 0 aromatic carbocycles. The molecule has 0 spiro atoms. The first-order valence-electron chi connectivity index (χ1n) is 5.83. The van der Waals surface area contributed by atoms with E-state index in [4.69, 9.17) is 5.11 Å². The molecule has 0 aliphatic carbocycles. The van der Waals surface area contributed by atoms with Crippen LogP contribution in [0.15, 0.2) is 6.07 Å². The molecular weight excluding hydrogens is 256 g/mol. The van der Waals surface area contributed by atoms with Crippen molar-refractivity contribution in [2.75, 3.05) is 24.6 Å². The maximum atomic E-state index is 11.0. The topological polar surface area (TPSA) is 86.8 Å². The van der Waals surface area contributed by atoms with E-state index in [9.17, 15) is 15.2 Å². The van der Waals surface area contributed by atoms with Crippen LogP contribution in [0.1, 0.15) is 31.2 Å². The summed E-state index contributed by atoms with van der Waals surface area (Å²) >= 11 is 1.23. The second-order valence-electron chi connectivity index (χ2n) is 3.93. The second kappa shape index (κ2) is 6.67. The first-order valence-corrected chi connectivity index (χ1v) is 6.64. The Balaban J connectivity index is 3.06. The van der Waals surface area contributed by atoms with Crippen LogP contribution in [-0.2, 0) is 0 Å². The Bertz CT molecular complexity index is 406. The predicted octanol–water partition coefficient (Wildman–Crippen LogP) is 1.92. The first-order chi connectivity index (χ1) is 8.51. The minimum absolute atomic E-state index is 0.0238. The van der Waals surface area contributed by atoms with E-state index in [0.29, 0.717) is 29.4 Å². The van der Waals surface area contributed by atoms with Crippen molar-refractivity contribution in [2.45, 2.75) is 26.4 Å². The summed E-state index contributed by atoms with van der Waals surface area (Å²) < 4.78 is 0. The number of hydrogen-bond acceptors (Lipinski definition) is 6. The molecule has 0 radical (unpaired) electrons. The van der Waals surface area contributed by atoms with E-state index >= 15 is 0 Å². The first kappa shape index (κ1) is 14.9. The predicted molar refractivity (Wildman–Crippen MR) is 71.2 cm³/mol. The largest absolute Gasteiger partial charge is 0.396 e. The van der Waals surface area contributed by atoms with Gasteiger partial charge in [-0.15, -0.1) is 11.3 Å². The van der Waals surface area contributed by atoms with Crippen LogP contribution >= 0.6 is 11.3 Å². The highest BCUT2D eigenvalue weighted by molar-refractivity contribution is 7.16. The highest BCUT2D eigenvalue weighted by atomic mass is 32.1. The van der Waals surface area contributed by atoms with Gasteiger partial charge in [0.1, 0.15) is 0 Å². The highest BCUT2D eigenvalue weighted by Crippen LogP contribution is 2.40. The molecule has 0 saturated carbocycles. The lowest BCUT2D eigenvalue weighted by molar-refractivity contribution is -0.383. The minimum Gasteiger partial charge on any atom is -0.396 e. The Hall–Kier alpha value is -1.18. The lowest BCUT2D eigenvalue weighted by Crippen LogP contribution is -2.24. The molecule has 2 N–H and O–H groups in total. The van der Waals surface area contributed by atoms with Crippen LogP contribution in [0.5, 0.6) is 0 Å². The van der Waals surface area contributed by atoms with Crippen LogP contribution in [0, 0.1) is 10.1 Å². The van der Waals surface area contributed by atoms with Gasteiger partial charge in [0.2, 0.25) is 0 Å². The number of rotatable bonds is 7. The number of nitro groups is 1. The molecule has 102 valence electrons. The third-order valence-corrected chi connectivity index (χ3v) is 3.93. The number of hydrogen-bond donors (Lipinski definition) is 2. The van der Waals surface area contributed by atoms with Crippen molar-refractivity contribution in [1.82, 2.24) is 0 Å². The summed E-state index contributed by atoms with van der Waals surface area (Å²) in [7, 11) is 0. The van der Waals surface area contributed by atoms with Gasteiger partial charge in [0, 0.05) is 30.6 Å². The van der Waals surface area contributed by atoms with Gasteiger partial charge in [0.15, 0.2) is 5.00 Å². The van der Waals surface area contributed by atoms with Crippen LogP contribution in [-0.4, -0.2) is 34.8 Å². The van der Waals surface area contributed by atoms with Crippen molar-refractivity contribution in [3.63, 3.8) is 0 Å². The number of aliphatic hydroxyl groups excluding tert-OH is 2. The molecule has 1 atom stereocenters. The Morgan fingerprint density at radius 2 is 2.28 bits per heavy atom. The van der Waals surface area contributed by atoms with Gasteiger partial charge in [-0.25, -0.2) is 0 Å². The third kappa shape index (κ3) is 3.41. The molecule has 0 unspecified atom stereocenters. The van der Waals surface area contributed by atoms with Crippen molar-refractivity contribution < 1.29 is 15.1 Å². The van der Waals surface area contributed by atoms with Crippen LogP contribution in [0.4, 0.5) is 10.7 Å². The summed E-state index contributed by atoms with van der Waals surface area (Å²) in [5, 5.41) is 29.9. The second-order valence-corrected chi connectivity index (χ2v) is 4.99. The summed E-state index contributed by atoms with van der Waals surface area (Å²) in [6.07, 6.45) is -0.147. The number of thiophene rings is 1. The van der Waals surface area contributed by atoms with Crippen molar-refractivity contribution in [1.29, 1.82) is 0 Å². The van der Waals surface area contributed by atoms with Gasteiger partial charge in [-0.3, -0.25) is 10.1 Å². The molecule has 0 aliphatic heterocycles. The zero-order chi connectivity index (χ0) is 13.7. The molecule has 0 fully saturated rings. The molecule has 0 aliphatic rings. The molecule has 7 heteroatoms. The molecule has 0 amide bonds. The maximum absolute atomic E-state index is 11.0. The average Bonchev–Trinajstić information content (AvgIpc) is 2.75. The molecule has 18 heavy (non-hydrogen) atoms. The van der Waals surface area contributed by atoms with E-state index in [-0.39, 0.29) is 12.3 Å². The van der Waals surface area contributed by atoms with E-state index in [1.54, 1.807) is 6.92 Å². The number of anilines is 1. The Morgan fingerprint density at radius 1 is 1.61 bits per heavy atom. The van der Waals surface area contributed by atoms with E-state index in [1.165, 1.54) is 17.4 Å². The van der Waals surface area contributed by atoms with E-state index in [0.717, 1.165) is 0 Å².